The van der Waals surface area contributed by atoms with Crippen molar-refractivity contribution < 1.29 is 9.59 Å². The smallest absolute Gasteiger partial charge is 0.261 e. The van der Waals surface area contributed by atoms with Gasteiger partial charge < -0.3 is 10.6 Å². The summed E-state index contributed by atoms with van der Waals surface area (Å²) in [7, 11) is 0. The molecule has 0 unspecified atom stereocenters. The Bertz CT molecular complexity index is 419. The summed E-state index contributed by atoms with van der Waals surface area (Å²) in [6.45, 7) is 9.33. The first-order chi connectivity index (χ1) is 9.41. The molecule has 112 valence electrons. The summed E-state index contributed by atoms with van der Waals surface area (Å²) in [5, 5.41) is 7.36. The molecule has 1 heterocycles. The lowest BCUT2D eigenvalue weighted by Gasteiger charge is -2.25. The first kappa shape index (κ1) is 16.7. The van der Waals surface area contributed by atoms with Gasteiger partial charge in [-0.15, -0.1) is 11.3 Å². The fourth-order valence-corrected chi connectivity index (χ4v) is 2.83. The number of nitrogens with one attached hydrogen (secondary N) is 2. The first-order valence-corrected chi connectivity index (χ1v) is 7.88. The van der Waals surface area contributed by atoms with Crippen LogP contribution >= 0.6 is 11.3 Å². The number of rotatable bonds is 7. The average Bonchev–Trinajstić information content (AvgIpc) is 2.89. The van der Waals surface area contributed by atoms with Crippen molar-refractivity contribution in [2.24, 2.45) is 17.8 Å². The van der Waals surface area contributed by atoms with Gasteiger partial charge in [0.1, 0.15) is 0 Å². The molecule has 1 aromatic heterocycles. The standard InChI is InChI=1S/C15H24N2O2S/c1-10(2)12(11(3)4)8-16-14(18)9-17-15(19)13-6-5-7-20-13/h5-7,10-12H,8-9H2,1-4H3,(H,16,18)(H,17,19). The van der Waals surface area contributed by atoms with Crippen LogP contribution in [0.1, 0.15) is 37.4 Å². The molecule has 0 aliphatic carbocycles. The zero-order chi connectivity index (χ0) is 15.1. The van der Waals surface area contributed by atoms with Gasteiger partial charge in [0.25, 0.3) is 5.91 Å². The number of carbonyl (C=O) groups excluding carboxylic acids is 2. The fourth-order valence-electron chi connectivity index (χ4n) is 2.19. The molecule has 0 fully saturated rings. The molecular formula is C15H24N2O2S. The zero-order valence-electron chi connectivity index (χ0n) is 12.6. The monoisotopic (exact) mass is 296 g/mol. The van der Waals surface area contributed by atoms with E-state index in [1.165, 1.54) is 11.3 Å². The third-order valence-corrected chi connectivity index (χ3v) is 4.27. The maximum absolute atomic E-state index is 11.7. The van der Waals surface area contributed by atoms with Gasteiger partial charge in [-0.3, -0.25) is 9.59 Å². The van der Waals surface area contributed by atoms with Crippen LogP contribution in [0.3, 0.4) is 0 Å². The van der Waals surface area contributed by atoms with Crippen molar-refractivity contribution in [2.75, 3.05) is 13.1 Å². The van der Waals surface area contributed by atoms with Crippen molar-refractivity contribution in [1.82, 2.24) is 10.6 Å². The highest BCUT2D eigenvalue weighted by Crippen LogP contribution is 2.19. The lowest BCUT2D eigenvalue weighted by Crippen LogP contribution is -2.40. The molecule has 4 nitrogen and oxygen atoms in total. The van der Waals surface area contributed by atoms with Crippen molar-refractivity contribution in [1.29, 1.82) is 0 Å². The molecule has 1 aromatic rings. The summed E-state index contributed by atoms with van der Waals surface area (Å²) >= 11 is 1.37. The van der Waals surface area contributed by atoms with Crippen LogP contribution in [0.5, 0.6) is 0 Å². The van der Waals surface area contributed by atoms with Crippen molar-refractivity contribution in [2.45, 2.75) is 27.7 Å². The van der Waals surface area contributed by atoms with Gasteiger partial charge in [-0.05, 0) is 29.2 Å². The van der Waals surface area contributed by atoms with E-state index in [1.807, 2.05) is 11.4 Å². The van der Waals surface area contributed by atoms with Crippen LogP contribution in [-0.4, -0.2) is 24.9 Å². The highest BCUT2D eigenvalue weighted by Gasteiger charge is 2.18. The van der Waals surface area contributed by atoms with E-state index in [1.54, 1.807) is 6.07 Å². The second-order valence-corrected chi connectivity index (χ2v) is 6.56. The van der Waals surface area contributed by atoms with Gasteiger partial charge in [0.05, 0.1) is 11.4 Å². The Morgan fingerprint density at radius 2 is 1.80 bits per heavy atom. The van der Waals surface area contributed by atoms with Crippen molar-refractivity contribution in [3.8, 4) is 0 Å². The largest absolute Gasteiger partial charge is 0.354 e. The molecule has 0 aliphatic heterocycles. The van der Waals surface area contributed by atoms with E-state index in [0.29, 0.717) is 29.2 Å². The minimum absolute atomic E-state index is 0.0274. The topological polar surface area (TPSA) is 58.2 Å². The van der Waals surface area contributed by atoms with Gasteiger partial charge in [0.2, 0.25) is 5.91 Å². The van der Waals surface area contributed by atoms with Crippen molar-refractivity contribution in [3.05, 3.63) is 22.4 Å². The van der Waals surface area contributed by atoms with Crippen LogP contribution in [-0.2, 0) is 4.79 Å². The summed E-state index contributed by atoms with van der Waals surface area (Å²) in [5.41, 5.74) is 0. The Labute approximate surface area is 125 Å². The number of amides is 2. The highest BCUT2D eigenvalue weighted by molar-refractivity contribution is 7.12. The highest BCUT2D eigenvalue weighted by atomic mass is 32.1. The lowest BCUT2D eigenvalue weighted by molar-refractivity contribution is -0.120. The zero-order valence-corrected chi connectivity index (χ0v) is 13.4. The molecule has 2 amide bonds. The first-order valence-electron chi connectivity index (χ1n) is 7.00. The molecule has 1 rings (SSSR count). The molecule has 0 aromatic carbocycles. The molecule has 0 spiro atoms. The summed E-state index contributed by atoms with van der Waals surface area (Å²) in [4.78, 5) is 24.1. The van der Waals surface area contributed by atoms with E-state index in [4.69, 9.17) is 0 Å². The van der Waals surface area contributed by atoms with Crippen LogP contribution in [0.4, 0.5) is 0 Å². The normalized spacial score (nSPS) is 11.2. The van der Waals surface area contributed by atoms with Crippen LogP contribution in [0, 0.1) is 17.8 Å². The summed E-state index contributed by atoms with van der Waals surface area (Å²) in [6, 6.07) is 3.56. The maximum atomic E-state index is 11.7. The quantitative estimate of drug-likeness (QED) is 0.812. The molecule has 0 aliphatic rings. The molecule has 5 heteroatoms. The van der Waals surface area contributed by atoms with Gasteiger partial charge in [-0.2, -0.15) is 0 Å². The van der Waals surface area contributed by atoms with E-state index in [2.05, 4.69) is 38.3 Å². The maximum Gasteiger partial charge on any atom is 0.261 e. The number of carbonyl (C=O) groups is 2. The Morgan fingerprint density at radius 3 is 2.30 bits per heavy atom. The van der Waals surface area contributed by atoms with E-state index in [9.17, 15) is 9.59 Å². The third kappa shape index (κ3) is 5.33. The molecule has 2 N–H and O–H groups in total. The molecular weight excluding hydrogens is 272 g/mol. The second kappa shape index (κ2) is 8.04. The van der Waals surface area contributed by atoms with E-state index in [-0.39, 0.29) is 18.4 Å². The van der Waals surface area contributed by atoms with Crippen molar-refractivity contribution >= 4 is 23.2 Å². The van der Waals surface area contributed by atoms with E-state index in [0.717, 1.165) is 0 Å². The number of hydrogen-bond acceptors (Lipinski definition) is 3. The SMILES string of the molecule is CC(C)C(CNC(=O)CNC(=O)c1cccs1)C(C)C. The number of hydrogen-bond donors (Lipinski definition) is 2. The van der Waals surface area contributed by atoms with Gasteiger partial charge >= 0.3 is 0 Å². The van der Waals surface area contributed by atoms with Gasteiger partial charge in [-0.1, -0.05) is 33.8 Å². The minimum atomic E-state index is -0.195. The summed E-state index contributed by atoms with van der Waals surface area (Å²) < 4.78 is 0. The molecule has 20 heavy (non-hydrogen) atoms. The number of thiophene rings is 1. The molecule has 0 saturated heterocycles. The lowest BCUT2D eigenvalue weighted by atomic mass is 9.85. The Morgan fingerprint density at radius 1 is 1.15 bits per heavy atom. The Balaban J connectivity index is 2.32. The van der Waals surface area contributed by atoms with Crippen LogP contribution in [0.15, 0.2) is 17.5 Å². The fraction of sp³-hybridized carbons (Fsp3) is 0.600. The van der Waals surface area contributed by atoms with Crippen LogP contribution in [0.25, 0.3) is 0 Å². The Hall–Kier alpha value is -1.36. The van der Waals surface area contributed by atoms with Gasteiger partial charge in [-0.25, -0.2) is 0 Å². The summed E-state index contributed by atoms with van der Waals surface area (Å²) in [5.74, 6) is 1.17. The van der Waals surface area contributed by atoms with Crippen LogP contribution in [0.2, 0.25) is 0 Å². The summed E-state index contributed by atoms with van der Waals surface area (Å²) in [6.07, 6.45) is 0. The predicted molar refractivity (Wildman–Crippen MR) is 82.8 cm³/mol. The van der Waals surface area contributed by atoms with E-state index >= 15 is 0 Å². The average molecular weight is 296 g/mol. The van der Waals surface area contributed by atoms with E-state index < -0.39 is 0 Å². The minimum Gasteiger partial charge on any atom is -0.354 e. The molecule has 0 bridgehead atoms. The van der Waals surface area contributed by atoms with Crippen molar-refractivity contribution in [3.63, 3.8) is 0 Å². The third-order valence-electron chi connectivity index (χ3n) is 3.40. The second-order valence-electron chi connectivity index (χ2n) is 5.62. The molecule has 0 saturated carbocycles. The van der Waals surface area contributed by atoms with Crippen LogP contribution < -0.4 is 10.6 Å². The predicted octanol–water partition coefficient (Wildman–Crippen LogP) is 2.52. The molecule has 0 atom stereocenters. The Kier molecular flexibility index (Phi) is 6.71. The van der Waals surface area contributed by atoms with Gasteiger partial charge in [0.15, 0.2) is 0 Å². The molecule has 0 radical (unpaired) electrons. The van der Waals surface area contributed by atoms with Gasteiger partial charge in [0, 0.05) is 6.54 Å².